The van der Waals surface area contributed by atoms with Crippen molar-refractivity contribution in [3.05, 3.63) is 167 Å². The molecule has 2 aliphatic heterocycles. The molecule has 6 aromatic rings. The second-order valence-corrected chi connectivity index (χ2v) is 19.6. The Bertz CT molecular complexity index is 2090. The molecule has 0 amide bonds. The summed E-state index contributed by atoms with van der Waals surface area (Å²) in [6.45, 7) is 22.5. The Morgan fingerprint density at radius 1 is 0.288 bits per heavy atom. The topological polar surface area (TPSA) is 132 Å². The maximum absolute atomic E-state index is 9.97. The van der Waals surface area contributed by atoms with Crippen LogP contribution in [0.1, 0.15) is 46.0 Å². The van der Waals surface area contributed by atoms with Gasteiger partial charge in [-0.25, -0.2) is 0 Å². The predicted molar refractivity (Wildman–Crippen MR) is 297 cm³/mol. The molecule has 2 fully saturated rings. The van der Waals surface area contributed by atoms with E-state index in [9.17, 15) is 20.4 Å². The van der Waals surface area contributed by atoms with Crippen molar-refractivity contribution in [1.29, 1.82) is 0 Å². The van der Waals surface area contributed by atoms with Crippen molar-refractivity contribution >= 4 is 0 Å². The standard InChI is InChI=1S/2C21H20O2.2C9H21N3.2Fe.H2O/c2*1-14-6-10-16(11-7-14)18-4-3-5-19(20(18)21(22)23)17-12-8-15(2)9-13-17;2*1-10-4-6-11(2)8-9-12(3)7-5-10;;;/h2*3-13,21-23H,1-2H3;2*4-9H2,1-3H3;;;1H2/q;;;;2*+4;. The van der Waals surface area contributed by atoms with Crippen molar-refractivity contribution in [3.63, 3.8) is 0 Å². The molecule has 0 aromatic heterocycles. The molecule has 6 N–H and O–H groups in total. The van der Waals surface area contributed by atoms with Crippen LogP contribution in [0, 0.1) is 27.7 Å². The minimum atomic E-state index is -1.52. The zero-order valence-electron chi connectivity index (χ0n) is 45.0. The van der Waals surface area contributed by atoms with Gasteiger partial charge in [-0.1, -0.05) is 156 Å². The fourth-order valence-electron chi connectivity index (χ4n) is 8.35. The van der Waals surface area contributed by atoms with Crippen LogP contribution in [0.25, 0.3) is 44.5 Å². The minimum absolute atomic E-state index is 0. The van der Waals surface area contributed by atoms with E-state index in [2.05, 4.69) is 71.7 Å². The summed E-state index contributed by atoms with van der Waals surface area (Å²) in [4.78, 5) is 14.4. The summed E-state index contributed by atoms with van der Waals surface area (Å²) in [7, 11) is 13.2. The van der Waals surface area contributed by atoms with Crippen LogP contribution in [-0.4, -0.2) is 176 Å². The van der Waals surface area contributed by atoms with E-state index in [4.69, 9.17) is 0 Å². The van der Waals surface area contributed by atoms with Crippen molar-refractivity contribution in [2.75, 3.05) is 121 Å². The average molecular weight is 1080 g/mol. The van der Waals surface area contributed by atoms with Crippen molar-refractivity contribution < 1.29 is 60.0 Å². The van der Waals surface area contributed by atoms with Crippen LogP contribution >= 0.6 is 0 Å². The largest absolute Gasteiger partial charge is 4.00 e. The first-order valence-corrected chi connectivity index (χ1v) is 24.9. The first-order chi connectivity index (χ1) is 33.5. The van der Waals surface area contributed by atoms with Gasteiger partial charge < -0.3 is 55.3 Å². The van der Waals surface area contributed by atoms with Gasteiger partial charge in [0.2, 0.25) is 0 Å². The molecule has 6 aromatic carbocycles. The number of aryl methyl sites for hydroxylation is 4. The molecule has 13 heteroatoms. The summed E-state index contributed by atoms with van der Waals surface area (Å²) in [6.07, 6.45) is -3.05. The fourth-order valence-corrected chi connectivity index (χ4v) is 8.35. The molecular weight excluding hydrogens is 996 g/mol. The van der Waals surface area contributed by atoms with Gasteiger partial charge in [-0.3, -0.25) is 0 Å². The summed E-state index contributed by atoms with van der Waals surface area (Å²) >= 11 is 0. The summed E-state index contributed by atoms with van der Waals surface area (Å²) in [5, 5.41) is 39.9. The molecule has 0 radical (unpaired) electrons. The molecule has 2 heterocycles. The molecule has 0 saturated carbocycles. The Balaban J connectivity index is 0.000000344. The Morgan fingerprint density at radius 2 is 0.438 bits per heavy atom. The van der Waals surface area contributed by atoms with E-state index in [1.54, 1.807) is 0 Å². The molecular formula is C60H84Fe2N6O5+8. The van der Waals surface area contributed by atoms with Gasteiger partial charge in [0.1, 0.15) is 0 Å². The van der Waals surface area contributed by atoms with Gasteiger partial charge in [-0.2, -0.15) is 0 Å². The number of aliphatic hydroxyl groups excluding tert-OH is 2. The van der Waals surface area contributed by atoms with E-state index in [1.165, 1.54) is 101 Å². The number of likely N-dealkylation sites (N-methyl/N-ethyl adjacent to an activating group) is 6. The third-order valence-corrected chi connectivity index (χ3v) is 13.4. The number of hydrogen-bond acceptors (Lipinski definition) is 10. The summed E-state index contributed by atoms with van der Waals surface area (Å²) in [5.41, 5.74) is 13.1. The molecule has 392 valence electrons. The summed E-state index contributed by atoms with van der Waals surface area (Å²) < 4.78 is 0. The SMILES string of the molecule is CN1CCN(C)CCN(C)CC1.CN1CCN(C)CCN(C)CC1.Cc1ccc(-c2cccc(-c3ccc(C)cc3)c2C(O)O)cc1.Cc1ccc(-c2cccc(-c3ccc(C)cc3)c2C(O)O)cc1.O.[Fe+4].[Fe+4]. The zero-order chi connectivity index (χ0) is 50.7. The smallest absolute Gasteiger partial charge is 0.412 e. The molecule has 0 aliphatic carbocycles. The van der Waals surface area contributed by atoms with E-state index in [-0.39, 0.29) is 39.6 Å². The van der Waals surface area contributed by atoms with Crippen LogP contribution in [0.15, 0.2) is 133 Å². The van der Waals surface area contributed by atoms with Crippen LogP contribution in [0.3, 0.4) is 0 Å². The molecule has 0 spiro atoms. The number of nitrogens with zero attached hydrogens (tertiary/aromatic N) is 6. The minimum Gasteiger partial charge on any atom is -0.412 e. The summed E-state index contributed by atoms with van der Waals surface area (Å²) in [5.74, 6) is 0. The Hall–Kier alpha value is -4.08. The van der Waals surface area contributed by atoms with Gasteiger partial charge in [0.25, 0.3) is 0 Å². The molecule has 2 aliphatic rings. The maximum Gasteiger partial charge on any atom is 4.00 e. The predicted octanol–water partition coefficient (Wildman–Crippen LogP) is 8.00. The Labute approximate surface area is 459 Å². The van der Waals surface area contributed by atoms with Crippen molar-refractivity contribution in [2.24, 2.45) is 0 Å². The number of benzene rings is 6. The van der Waals surface area contributed by atoms with Crippen LogP contribution in [-0.2, 0) is 34.1 Å². The zero-order valence-corrected chi connectivity index (χ0v) is 47.2. The van der Waals surface area contributed by atoms with Crippen LogP contribution in [0.2, 0.25) is 0 Å². The molecule has 2 saturated heterocycles. The number of hydrogen-bond donors (Lipinski definition) is 4. The van der Waals surface area contributed by atoms with Gasteiger partial charge in [0.15, 0.2) is 12.6 Å². The molecule has 73 heavy (non-hydrogen) atoms. The Kier molecular flexibility index (Phi) is 29.5. The first-order valence-electron chi connectivity index (χ1n) is 24.9. The van der Waals surface area contributed by atoms with Crippen LogP contribution < -0.4 is 0 Å². The van der Waals surface area contributed by atoms with Crippen LogP contribution in [0.5, 0.6) is 0 Å². The van der Waals surface area contributed by atoms with Crippen LogP contribution in [0.4, 0.5) is 0 Å². The normalized spacial score (nSPS) is 15.6. The van der Waals surface area contributed by atoms with E-state index >= 15 is 0 Å². The van der Waals surface area contributed by atoms with Gasteiger partial charge >= 0.3 is 34.1 Å². The van der Waals surface area contributed by atoms with Gasteiger partial charge in [-0.05, 0) is 114 Å². The summed E-state index contributed by atoms with van der Waals surface area (Å²) in [6, 6.07) is 43.9. The van der Waals surface area contributed by atoms with Crippen molar-refractivity contribution in [3.8, 4) is 44.5 Å². The van der Waals surface area contributed by atoms with Gasteiger partial charge in [-0.15, -0.1) is 0 Å². The maximum atomic E-state index is 9.97. The van der Waals surface area contributed by atoms with Gasteiger partial charge in [0.05, 0.1) is 0 Å². The van der Waals surface area contributed by atoms with Crippen molar-refractivity contribution in [2.45, 2.75) is 40.3 Å². The molecule has 8 rings (SSSR count). The molecule has 11 nitrogen and oxygen atoms in total. The van der Waals surface area contributed by atoms with E-state index in [1.807, 2.05) is 161 Å². The second-order valence-electron chi connectivity index (χ2n) is 19.6. The second kappa shape index (κ2) is 33.1. The Morgan fingerprint density at radius 3 is 0.575 bits per heavy atom. The van der Waals surface area contributed by atoms with Gasteiger partial charge in [0, 0.05) is 89.7 Å². The monoisotopic (exact) mass is 1080 g/mol. The third kappa shape index (κ3) is 21.2. The van der Waals surface area contributed by atoms with E-state index in [0.29, 0.717) is 11.1 Å². The molecule has 0 bridgehead atoms. The molecule has 0 atom stereocenters. The first kappa shape index (κ1) is 65.0. The number of rotatable bonds is 6. The van der Waals surface area contributed by atoms with E-state index in [0.717, 1.165) is 44.5 Å². The quantitative estimate of drug-likeness (QED) is 0.0962. The van der Waals surface area contributed by atoms with Crippen molar-refractivity contribution in [1.82, 2.24) is 29.4 Å². The third-order valence-electron chi connectivity index (χ3n) is 13.4. The molecule has 0 unspecified atom stereocenters. The fraction of sp³-hybridized carbons (Fsp3) is 0.400. The average Bonchev–Trinajstić information content (AvgIpc) is 3.47. The van der Waals surface area contributed by atoms with E-state index < -0.39 is 12.6 Å². The number of aliphatic hydroxyl groups is 4.